The van der Waals surface area contributed by atoms with Gasteiger partial charge in [0.25, 0.3) is 5.56 Å². The Morgan fingerprint density at radius 3 is 2.86 bits per heavy atom. The molecule has 1 aliphatic heterocycles. The van der Waals surface area contributed by atoms with Gasteiger partial charge < -0.3 is 5.11 Å². The number of nitrogens with zero attached hydrogens (tertiary/aromatic N) is 3. The standard InChI is InChI=1S/C22H30BrN3O3/c1-3-6-19(25-12-5-7-15(14-25)8-11-20(27)28)21-24-18-10-9-16(23)13-17(18)22(29)26(21)4-2/h9-10,13,15,19H,3-8,11-12,14H2,1-2H3,(H,27,28)/t15-,19+/m0/s1. The number of aliphatic carboxylic acids is 1. The summed E-state index contributed by atoms with van der Waals surface area (Å²) in [5.74, 6) is 0.500. The Kier molecular flexibility index (Phi) is 7.46. The summed E-state index contributed by atoms with van der Waals surface area (Å²) >= 11 is 3.45. The molecule has 1 aliphatic rings. The number of fused-ring (bicyclic) bond motifs is 1. The number of hydrogen-bond donors (Lipinski definition) is 1. The molecular formula is C22H30BrN3O3. The molecule has 2 atom stereocenters. The van der Waals surface area contributed by atoms with Crippen LogP contribution in [0.3, 0.4) is 0 Å². The van der Waals surface area contributed by atoms with Gasteiger partial charge >= 0.3 is 5.97 Å². The van der Waals surface area contributed by atoms with E-state index in [1.165, 1.54) is 0 Å². The summed E-state index contributed by atoms with van der Waals surface area (Å²) in [6, 6.07) is 5.75. The Labute approximate surface area is 180 Å². The Balaban J connectivity index is 1.98. The zero-order valence-corrected chi connectivity index (χ0v) is 18.8. The molecule has 2 heterocycles. The number of halogens is 1. The van der Waals surface area contributed by atoms with Crippen molar-refractivity contribution in [2.45, 2.75) is 65.0 Å². The fraction of sp³-hybridized carbons (Fsp3) is 0.591. The average Bonchev–Trinajstić information content (AvgIpc) is 2.71. The van der Waals surface area contributed by atoms with Crippen LogP contribution in [-0.4, -0.2) is 38.6 Å². The Hall–Kier alpha value is -1.73. The number of piperidine rings is 1. The molecule has 1 N–H and O–H groups in total. The molecule has 1 aromatic carbocycles. The maximum absolute atomic E-state index is 13.2. The highest BCUT2D eigenvalue weighted by Crippen LogP contribution is 2.31. The van der Waals surface area contributed by atoms with Crippen LogP contribution in [0.1, 0.15) is 64.2 Å². The van der Waals surface area contributed by atoms with Crippen molar-refractivity contribution in [3.05, 3.63) is 38.9 Å². The van der Waals surface area contributed by atoms with Crippen LogP contribution in [0.2, 0.25) is 0 Å². The number of rotatable bonds is 8. The fourth-order valence-electron chi connectivity index (χ4n) is 4.46. The number of carboxylic acid groups (broad SMARTS) is 1. The molecular weight excluding hydrogens is 434 g/mol. The van der Waals surface area contributed by atoms with Gasteiger partial charge in [0.1, 0.15) is 5.82 Å². The van der Waals surface area contributed by atoms with Gasteiger partial charge in [-0.3, -0.25) is 19.1 Å². The minimum atomic E-state index is -0.727. The number of likely N-dealkylation sites (tertiary alicyclic amines) is 1. The van der Waals surface area contributed by atoms with E-state index >= 15 is 0 Å². The summed E-state index contributed by atoms with van der Waals surface area (Å²) in [6.45, 7) is 6.57. The average molecular weight is 464 g/mol. The number of aromatic nitrogens is 2. The molecule has 1 fully saturated rings. The molecule has 0 aliphatic carbocycles. The third kappa shape index (κ3) is 5.07. The first-order valence-corrected chi connectivity index (χ1v) is 11.4. The maximum atomic E-state index is 13.2. The largest absolute Gasteiger partial charge is 0.481 e. The van der Waals surface area contributed by atoms with E-state index in [2.05, 4.69) is 27.8 Å². The first-order chi connectivity index (χ1) is 13.9. The highest BCUT2D eigenvalue weighted by molar-refractivity contribution is 9.10. The van der Waals surface area contributed by atoms with Gasteiger partial charge in [0.05, 0.1) is 16.9 Å². The molecule has 0 saturated carbocycles. The van der Waals surface area contributed by atoms with Crippen molar-refractivity contribution < 1.29 is 9.90 Å². The van der Waals surface area contributed by atoms with Crippen LogP contribution in [0.5, 0.6) is 0 Å². The topological polar surface area (TPSA) is 75.4 Å². The van der Waals surface area contributed by atoms with Crippen LogP contribution in [0.25, 0.3) is 10.9 Å². The molecule has 1 aromatic heterocycles. The molecule has 0 unspecified atom stereocenters. The molecule has 0 bridgehead atoms. The van der Waals surface area contributed by atoms with Gasteiger partial charge in [-0.25, -0.2) is 4.98 Å². The van der Waals surface area contributed by atoms with Crippen LogP contribution >= 0.6 is 15.9 Å². The second-order valence-electron chi connectivity index (χ2n) is 7.92. The quantitative estimate of drug-likeness (QED) is 0.618. The third-order valence-corrected chi connectivity index (χ3v) is 6.37. The molecule has 0 amide bonds. The van der Waals surface area contributed by atoms with Gasteiger partial charge in [0.15, 0.2) is 0 Å². The van der Waals surface area contributed by atoms with Crippen LogP contribution in [0, 0.1) is 5.92 Å². The van der Waals surface area contributed by atoms with E-state index in [0.29, 0.717) is 24.3 Å². The molecule has 1 saturated heterocycles. The molecule has 0 radical (unpaired) electrons. The number of carboxylic acids is 1. The van der Waals surface area contributed by atoms with E-state index in [1.807, 2.05) is 29.7 Å². The van der Waals surface area contributed by atoms with Crippen molar-refractivity contribution >= 4 is 32.8 Å². The molecule has 7 heteroatoms. The predicted molar refractivity (Wildman–Crippen MR) is 118 cm³/mol. The molecule has 3 rings (SSSR count). The van der Waals surface area contributed by atoms with Gasteiger partial charge in [0.2, 0.25) is 0 Å². The third-order valence-electron chi connectivity index (χ3n) is 5.88. The minimum Gasteiger partial charge on any atom is -0.481 e. The highest BCUT2D eigenvalue weighted by atomic mass is 79.9. The lowest BCUT2D eigenvalue weighted by Gasteiger charge is -2.38. The van der Waals surface area contributed by atoms with E-state index < -0.39 is 5.97 Å². The second-order valence-corrected chi connectivity index (χ2v) is 8.84. The van der Waals surface area contributed by atoms with Gasteiger partial charge in [-0.2, -0.15) is 0 Å². The summed E-state index contributed by atoms with van der Waals surface area (Å²) in [5.41, 5.74) is 0.743. The lowest BCUT2D eigenvalue weighted by Crippen LogP contribution is -2.41. The van der Waals surface area contributed by atoms with Crippen molar-refractivity contribution in [2.24, 2.45) is 5.92 Å². The SMILES string of the molecule is CCC[C@H](c1nc2ccc(Br)cc2c(=O)n1CC)N1CCC[C@@H](CCC(=O)O)C1. The van der Waals surface area contributed by atoms with E-state index in [9.17, 15) is 9.59 Å². The van der Waals surface area contributed by atoms with Gasteiger partial charge in [0, 0.05) is 24.0 Å². The summed E-state index contributed by atoms with van der Waals surface area (Å²) in [4.78, 5) is 31.5. The number of carbonyl (C=O) groups is 1. The number of hydrogen-bond acceptors (Lipinski definition) is 4. The molecule has 6 nitrogen and oxygen atoms in total. The summed E-state index contributed by atoms with van der Waals surface area (Å²) in [7, 11) is 0. The number of benzene rings is 1. The first-order valence-electron chi connectivity index (χ1n) is 10.6. The molecule has 29 heavy (non-hydrogen) atoms. The van der Waals surface area contributed by atoms with Gasteiger partial charge in [-0.05, 0) is 63.3 Å². The smallest absolute Gasteiger partial charge is 0.303 e. The minimum absolute atomic E-state index is 0.00865. The monoisotopic (exact) mass is 463 g/mol. The van der Waals surface area contributed by atoms with Crippen LogP contribution in [0.15, 0.2) is 27.5 Å². The Morgan fingerprint density at radius 1 is 1.38 bits per heavy atom. The lowest BCUT2D eigenvalue weighted by atomic mass is 9.91. The van der Waals surface area contributed by atoms with E-state index in [0.717, 1.165) is 54.6 Å². The Bertz CT molecular complexity index is 927. The zero-order valence-electron chi connectivity index (χ0n) is 17.2. The molecule has 2 aromatic rings. The van der Waals surface area contributed by atoms with Crippen molar-refractivity contribution in [3.8, 4) is 0 Å². The Morgan fingerprint density at radius 2 is 2.17 bits per heavy atom. The van der Waals surface area contributed by atoms with Crippen LogP contribution < -0.4 is 5.56 Å². The maximum Gasteiger partial charge on any atom is 0.303 e. The predicted octanol–water partition coefficient (Wildman–Crippen LogP) is 4.60. The second kappa shape index (κ2) is 9.85. The fourth-order valence-corrected chi connectivity index (χ4v) is 4.82. The summed E-state index contributed by atoms with van der Waals surface area (Å²) in [5, 5.41) is 9.67. The molecule has 0 spiro atoms. The van der Waals surface area contributed by atoms with Crippen LogP contribution in [0.4, 0.5) is 0 Å². The highest BCUT2D eigenvalue weighted by Gasteiger charge is 2.30. The van der Waals surface area contributed by atoms with Crippen molar-refractivity contribution in [1.29, 1.82) is 0 Å². The van der Waals surface area contributed by atoms with Crippen molar-refractivity contribution in [2.75, 3.05) is 13.1 Å². The van der Waals surface area contributed by atoms with Crippen molar-refractivity contribution in [1.82, 2.24) is 14.5 Å². The normalized spacial score (nSPS) is 18.8. The van der Waals surface area contributed by atoms with E-state index in [4.69, 9.17) is 10.1 Å². The van der Waals surface area contributed by atoms with E-state index in [-0.39, 0.29) is 18.0 Å². The first kappa shape index (κ1) is 22.0. The van der Waals surface area contributed by atoms with Gasteiger partial charge in [-0.1, -0.05) is 29.3 Å². The van der Waals surface area contributed by atoms with Gasteiger partial charge in [-0.15, -0.1) is 0 Å². The lowest BCUT2D eigenvalue weighted by molar-refractivity contribution is -0.137. The summed E-state index contributed by atoms with van der Waals surface area (Å²) < 4.78 is 2.69. The van der Waals surface area contributed by atoms with E-state index in [1.54, 1.807) is 0 Å². The zero-order chi connectivity index (χ0) is 21.0. The van der Waals surface area contributed by atoms with Crippen molar-refractivity contribution in [3.63, 3.8) is 0 Å². The van der Waals surface area contributed by atoms with Crippen LogP contribution in [-0.2, 0) is 11.3 Å². The molecule has 158 valence electrons. The summed E-state index contributed by atoms with van der Waals surface area (Å²) in [6.07, 6.45) is 4.99.